The maximum absolute atomic E-state index is 12.7. The van der Waals surface area contributed by atoms with Crippen LogP contribution >= 0.6 is 0 Å². The van der Waals surface area contributed by atoms with Gasteiger partial charge >= 0.3 is 0 Å². The summed E-state index contributed by atoms with van der Waals surface area (Å²) in [6.45, 7) is 12.1. The van der Waals surface area contributed by atoms with E-state index in [1.807, 2.05) is 55.5 Å². The number of amides is 2. The van der Waals surface area contributed by atoms with E-state index in [4.69, 9.17) is 0 Å². The van der Waals surface area contributed by atoms with Crippen LogP contribution < -0.4 is 10.6 Å². The van der Waals surface area contributed by atoms with E-state index in [9.17, 15) is 9.59 Å². The number of carbonyl (C=O) groups excluding carboxylic acids is 2. The van der Waals surface area contributed by atoms with E-state index < -0.39 is 5.41 Å². The summed E-state index contributed by atoms with van der Waals surface area (Å²) in [6.07, 6.45) is 0. The Kier molecular flexibility index (Phi) is 6.09. The standard InChI is InChI=1S/C23H30N2O2/c1-16-9-7-8-10-17(16)15-24-20(26)23(5,6)21(27)25-19-13-11-18(12-14-19)22(2,3)4/h7-14H,15H2,1-6H3,(H,24,26)(H,25,27). The maximum atomic E-state index is 12.7. The molecule has 0 saturated carbocycles. The first-order valence-electron chi connectivity index (χ1n) is 9.26. The first kappa shape index (κ1) is 20.7. The molecule has 144 valence electrons. The molecule has 0 atom stereocenters. The Morgan fingerprint density at radius 3 is 2.00 bits per heavy atom. The predicted octanol–water partition coefficient (Wildman–Crippen LogP) is 4.57. The smallest absolute Gasteiger partial charge is 0.239 e. The summed E-state index contributed by atoms with van der Waals surface area (Å²) in [6, 6.07) is 15.6. The van der Waals surface area contributed by atoms with Crippen LogP contribution in [0.25, 0.3) is 0 Å². The molecule has 2 amide bonds. The van der Waals surface area contributed by atoms with Crippen LogP contribution in [-0.4, -0.2) is 11.8 Å². The van der Waals surface area contributed by atoms with Crippen molar-refractivity contribution in [1.29, 1.82) is 0 Å². The average Bonchev–Trinajstić information content (AvgIpc) is 2.60. The van der Waals surface area contributed by atoms with E-state index in [0.29, 0.717) is 12.2 Å². The average molecular weight is 367 g/mol. The summed E-state index contributed by atoms with van der Waals surface area (Å²) >= 11 is 0. The van der Waals surface area contributed by atoms with Gasteiger partial charge < -0.3 is 10.6 Å². The normalized spacial score (nSPS) is 11.8. The molecule has 0 aliphatic heterocycles. The van der Waals surface area contributed by atoms with Gasteiger partial charge in [-0.05, 0) is 55.0 Å². The van der Waals surface area contributed by atoms with E-state index >= 15 is 0 Å². The molecule has 0 heterocycles. The summed E-state index contributed by atoms with van der Waals surface area (Å²) in [5.41, 5.74) is 2.91. The predicted molar refractivity (Wildman–Crippen MR) is 111 cm³/mol. The lowest BCUT2D eigenvalue weighted by atomic mass is 9.87. The molecular weight excluding hydrogens is 336 g/mol. The minimum absolute atomic E-state index is 0.0528. The van der Waals surface area contributed by atoms with Crippen molar-refractivity contribution < 1.29 is 9.59 Å². The molecule has 4 nitrogen and oxygen atoms in total. The highest BCUT2D eigenvalue weighted by molar-refractivity contribution is 6.09. The minimum atomic E-state index is -1.18. The lowest BCUT2D eigenvalue weighted by molar-refractivity contribution is -0.138. The molecule has 4 heteroatoms. The van der Waals surface area contributed by atoms with Crippen LogP contribution in [0, 0.1) is 12.3 Å². The number of nitrogens with one attached hydrogen (secondary N) is 2. The second-order valence-electron chi connectivity index (χ2n) is 8.52. The van der Waals surface area contributed by atoms with Crippen LogP contribution in [0.15, 0.2) is 48.5 Å². The van der Waals surface area contributed by atoms with E-state index in [0.717, 1.165) is 11.1 Å². The summed E-state index contributed by atoms with van der Waals surface area (Å²) in [5, 5.41) is 5.73. The van der Waals surface area contributed by atoms with Gasteiger partial charge in [0, 0.05) is 12.2 Å². The summed E-state index contributed by atoms with van der Waals surface area (Å²) in [5.74, 6) is -0.622. The van der Waals surface area contributed by atoms with Crippen LogP contribution in [0.2, 0.25) is 0 Å². The largest absolute Gasteiger partial charge is 0.351 e. The molecule has 2 aromatic rings. The molecule has 2 aromatic carbocycles. The first-order valence-corrected chi connectivity index (χ1v) is 9.26. The highest BCUT2D eigenvalue weighted by Crippen LogP contribution is 2.25. The van der Waals surface area contributed by atoms with Crippen LogP contribution in [0.5, 0.6) is 0 Å². The van der Waals surface area contributed by atoms with Crippen molar-refractivity contribution in [2.75, 3.05) is 5.32 Å². The molecule has 2 rings (SSSR count). The molecule has 0 aliphatic carbocycles. The van der Waals surface area contributed by atoms with Gasteiger partial charge in [0.2, 0.25) is 11.8 Å². The fourth-order valence-electron chi connectivity index (χ4n) is 2.65. The second-order valence-corrected chi connectivity index (χ2v) is 8.52. The molecule has 0 fully saturated rings. The molecule has 0 aromatic heterocycles. The number of anilines is 1. The molecular formula is C23H30N2O2. The Morgan fingerprint density at radius 1 is 0.852 bits per heavy atom. The van der Waals surface area contributed by atoms with Crippen molar-refractivity contribution >= 4 is 17.5 Å². The van der Waals surface area contributed by atoms with E-state index in [1.165, 1.54) is 5.56 Å². The molecule has 2 N–H and O–H groups in total. The Hall–Kier alpha value is -2.62. The minimum Gasteiger partial charge on any atom is -0.351 e. The molecule has 0 unspecified atom stereocenters. The Labute approximate surface area is 162 Å². The molecule has 0 spiro atoms. The lowest BCUT2D eigenvalue weighted by Crippen LogP contribution is -2.44. The topological polar surface area (TPSA) is 58.2 Å². The van der Waals surface area contributed by atoms with E-state index in [1.54, 1.807) is 13.8 Å². The Balaban J connectivity index is 2.01. The number of rotatable bonds is 5. The van der Waals surface area contributed by atoms with Gasteiger partial charge in [-0.15, -0.1) is 0 Å². The van der Waals surface area contributed by atoms with Crippen molar-refractivity contribution in [3.8, 4) is 0 Å². The summed E-state index contributed by atoms with van der Waals surface area (Å²) in [4.78, 5) is 25.3. The van der Waals surface area contributed by atoms with Crippen molar-refractivity contribution in [2.24, 2.45) is 5.41 Å². The number of hydrogen-bond donors (Lipinski definition) is 2. The third-order valence-electron chi connectivity index (χ3n) is 4.84. The third kappa shape index (κ3) is 5.19. The highest BCUT2D eigenvalue weighted by Gasteiger charge is 2.36. The zero-order chi connectivity index (χ0) is 20.2. The van der Waals surface area contributed by atoms with Gasteiger partial charge in [0.1, 0.15) is 5.41 Å². The highest BCUT2D eigenvalue weighted by atomic mass is 16.2. The maximum Gasteiger partial charge on any atom is 0.239 e. The SMILES string of the molecule is Cc1ccccc1CNC(=O)C(C)(C)C(=O)Nc1ccc(C(C)(C)C)cc1. The van der Waals surface area contributed by atoms with Crippen molar-refractivity contribution in [3.63, 3.8) is 0 Å². The van der Waals surface area contributed by atoms with Crippen molar-refractivity contribution in [3.05, 3.63) is 65.2 Å². The van der Waals surface area contributed by atoms with Crippen molar-refractivity contribution in [2.45, 2.75) is 53.5 Å². The second kappa shape index (κ2) is 7.95. The monoisotopic (exact) mass is 366 g/mol. The Morgan fingerprint density at radius 2 is 1.44 bits per heavy atom. The summed E-state index contributed by atoms with van der Waals surface area (Å²) in [7, 11) is 0. The van der Waals surface area contributed by atoms with Crippen LogP contribution in [0.4, 0.5) is 5.69 Å². The zero-order valence-corrected chi connectivity index (χ0v) is 17.1. The molecule has 0 saturated heterocycles. The molecule has 0 radical (unpaired) electrons. The molecule has 0 aliphatic rings. The Bertz CT molecular complexity index is 815. The van der Waals surface area contributed by atoms with Gasteiger partial charge in [-0.3, -0.25) is 9.59 Å². The van der Waals surface area contributed by atoms with Gasteiger partial charge in [-0.25, -0.2) is 0 Å². The molecule has 27 heavy (non-hydrogen) atoms. The van der Waals surface area contributed by atoms with Crippen LogP contribution in [0.3, 0.4) is 0 Å². The van der Waals surface area contributed by atoms with E-state index in [2.05, 4.69) is 31.4 Å². The first-order chi connectivity index (χ1) is 12.5. The zero-order valence-electron chi connectivity index (χ0n) is 17.1. The summed E-state index contributed by atoms with van der Waals surface area (Å²) < 4.78 is 0. The number of benzene rings is 2. The quantitative estimate of drug-likeness (QED) is 0.761. The van der Waals surface area contributed by atoms with Gasteiger partial charge in [0.15, 0.2) is 0 Å². The fourth-order valence-corrected chi connectivity index (χ4v) is 2.65. The van der Waals surface area contributed by atoms with Gasteiger partial charge in [0.25, 0.3) is 0 Å². The third-order valence-corrected chi connectivity index (χ3v) is 4.84. The number of carbonyl (C=O) groups is 2. The van der Waals surface area contributed by atoms with Gasteiger partial charge in [-0.1, -0.05) is 57.2 Å². The van der Waals surface area contributed by atoms with Gasteiger partial charge in [0.05, 0.1) is 0 Å². The van der Waals surface area contributed by atoms with E-state index in [-0.39, 0.29) is 17.2 Å². The van der Waals surface area contributed by atoms with Gasteiger partial charge in [-0.2, -0.15) is 0 Å². The number of aryl methyl sites for hydroxylation is 1. The van der Waals surface area contributed by atoms with Crippen LogP contribution in [-0.2, 0) is 21.5 Å². The number of hydrogen-bond acceptors (Lipinski definition) is 2. The lowest BCUT2D eigenvalue weighted by Gasteiger charge is -2.23. The van der Waals surface area contributed by atoms with Crippen molar-refractivity contribution in [1.82, 2.24) is 5.32 Å². The molecule has 0 bridgehead atoms. The van der Waals surface area contributed by atoms with Crippen LogP contribution in [0.1, 0.15) is 51.3 Å². The fraction of sp³-hybridized carbons (Fsp3) is 0.391.